The molecule has 0 atom stereocenters. The quantitative estimate of drug-likeness (QED) is 0.697. The number of nitrogens with one attached hydrogen (secondary N) is 2. The number of anilines is 1. The SMILES string of the molecule is CCCOc1ccc(CNc2ncnc3[nH]ncc23)cc1OC. The summed E-state index contributed by atoms with van der Waals surface area (Å²) < 4.78 is 11.1. The largest absolute Gasteiger partial charge is 0.493 e. The highest BCUT2D eigenvalue weighted by Gasteiger charge is 2.08. The van der Waals surface area contributed by atoms with Crippen LogP contribution in [0.3, 0.4) is 0 Å². The molecule has 120 valence electrons. The van der Waals surface area contributed by atoms with Gasteiger partial charge in [0, 0.05) is 6.54 Å². The second kappa shape index (κ2) is 6.95. The highest BCUT2D eigenvalue weighted by atomic mass is 16.5. The van der Waals surface area contributed by atoms with Crippen LogP contribution < -0.4 is 14.8 Å². The zero-order valence-corrected chi connectivity index (χ0v) is 13.2. The first-order valence-electron chi connectivity index (χ1n) is 7.49. The van der Waals surface area contributed by atoms with Crippen molar-refractivity contribution in [1.82, 2.24) is 20.2 Å². The maximum absolute atomic E-state index is 5.66. The van der Waals surface area contributed by atoms with Gasteiger partial charge in [0.15, 0.2) is 17.1 Å². The number of rotatable bonds is 7. The van der Waals surface area contributed by atoms with Gasteiger partial charge in [-0.1, -0.05) is 13.0 Å². The molecule has 7 heteroatoms. The van der Waals surface area contributed by atoms with Crippen molar-refractivity contribution in [2.24, 2.45) is 0 Å². The van der Waals surface area contributed by atoms with Gasteiger partial charge >= 0.3 is 0 Å². The van der Waals surface area contributed by atoms with Gasteiger partial charge < -0.3 is 14.8 Å². The zero-order valence-electron chi connectivity index (χ0n) is 13.2. The third-order valence-electron chi connectivity index (χ3n) is 3.40. The van der Waals surface area contributed by atoms with Gasteiger partial charge in [-0.3, -0.25) is 5.10 Å². The van der Waals surface area contributed by atoms with E-state index < -0.39 is 0 Å². The molecule has 23 heavy (non-hydrogen) atoms. The van der Waals surface area contributed by atoms with E-state index in [1.807, 2.05) is 18.2 Å². The van der Waals surface area contributed by atoms with E-state index in [9.17, 15) is 0 Å². The van der Waals surface area contributed by atoms with Crippen LogP contribution in [0.15, 0.2) is 30.7 Å². The third kappa shape index (κ3) is 3.33. The number of hydrogen-bond acceptors (Lipinski definition) is 6. The minimum atomic E-state index is 0.613. The summed E-state index contributed by atoms with van der Waals surface area (Å²) in [6, 6.07) is 5.90. The van der Waals surface area contributed by atoms with E-state index in [2.05, 4.69) is 32.4 Å². The van der Waals surface area contributed by atoms with Crippen LogP contribution in [0.1, 0.15) is 18.9 Å². The first-order chi connectivity index (χ1) is 11.3. The van der Waals surface area contributed by atoms with Crippen LogP contribution in [0, 0.1) is 0 Å². The van der Waals surface area contributed by atoms with Gasteiger partial charge in [-0.25, -0.2) is 9.97 Å². The molecular formula is C16H19N5O2. The first-order valence-corrected chi connectivity index (χ1v) is 7.49. The molecule has 0 bridgehead atoms. The van der Waals surface area contributed by atoms with E-state index in [0.717, 1.165) is 34.7 Å². The Bertz CT molecular complexity index is 787. The lowest BCUT2D eigenvalue weighted by molar-refractivity contribution is 0.294. The summed E-state index contributed by atoms with van der Waals surface area (Å²) in [4.78, 5) is 8.38. The van der Waals surface area contributed by atoms with Gasteiger partial charge in [-0.15, -0.1) is 0 Å². The number of H-pyrrole nitrogens is 1. The Morgan fingerprint density at radius 3 is 2.96 bits per heavy atom. The molecule has 3 aromatic rings. The van der Waals surface area contributed by atoms with E-state index in [1.165, 1.54) is 6.33 Å². The normalized spacial score (nSPS) is 10.7. The molecule has 0 aliphatic heterocycles. The van der Waals surface area contributed by atoms with Gasteiger partial charge in [0.05, 0.1) is 25.3 Å². The molecule has 1 aromatic carbocycles. The van der Waals surface area contributed by atoms with E-state index in [0.29, 0.717) is 18.8 Å². The summed E-state index contributed by atoms with van der Waals surface area (Å²) in [7, 11) is 1.64. The molecular weight excluding hydrogens is 294 g/mol. The average Bonchev–Trinajstić information content (AvgIpc) is 3.07. The molecule has 2 N–H and O–H groups in total. The summed E-state index contributed by atoms with van der Waals surface area (Å²) in [6.07, 6.45) is 4.17. The highest BCUT2D eigenvalue weighted by molar-refractivity contribution is 5.85. The molecule has 0 fully saturated rings. The standard InChI is InChI=1S/C16H19N5O2/c1-3-6-23-13-5-4-11(7-14(13)22-2)8-17-15-12-9-20-21-16(12)19-10-18-15/h4-5,7,9-10H,3,6,8H2,1-2H3,(H2,17,18,19,20,21). The fraction of sp³-hybridized carbons (Fsp3) is 0.312. The number of nitrogens with zero attached hydrogens (tertiary/aromatic N) is 3. The van der Waals surface area contributed by atoms with Crippen LogP contribution in [0.25, 0.3) is 11.0 Å². The first kappa shape index (κ1) is 15.1. The number of benzene rings is 1. The van der Waals surface area contributed by atoms with Crippen LogP contribution in [-0.4, -0.2) is 33.9 Å². The van der Waals surface area contributed by atoms with E-state index in [1.54, 1.807) is 13.3 Å². The van der Waals surface area contributed by atoms with Crippen molar-refractivity contribution in [3.8, 4) is 11.5 Å². The van der Waals surface area contributed by atoms with Crippen molar-refractivity contribution in [2.75, 3.05) is 19.0 Å². The van der Waals surface area contributed by atoms with E-state index in [-0.39, 0.29) is 0 Å². The molecule has 0 saturated heterocycles. The summed E-state index contributed by atoms with van der Waals surface area (Å²) >= 11 is 0. The van der Waals surface area contributed by atoms with Crippen LogP contribution in [0.2, 0.25) is 0 Å². The Morgan fingerprint density at radius 1 is 1.22 bits per heavy atom. The lowest BCUT2D eigenvalue weighted by Gasteiger charge is -2.12. The second-order valence-electron chi connectivity index (χ2n) is 5.04. The maximum Gasteiger partial charge on any atom is 0.161 e. The summed E-state index contributed by atoms with van der Waals surface area (Å²) in [5, 5.41) is 11.0. The number of fused-ring (bicyclic) bond motifs is 1. The summed E-state index contributed by atoms with van der Waals surface area (Å²) in [6.45, 7) is 3.36. The summed E-state index contributed by atoms with van der Waals surface area (Å²) in [5.74, 6) is 2.24. The van der Waals surface area contributed by atoms with E-state index >= 15 is 0 Å². The van der Waals surface area contributed by atoms with Crippen LogP contribution in [-0.2, 0) is 6.54 Å². The van der Waals surface area contributed by atoms with Crippen molar-refractivity contribution in [1.29, 1.82) is 0 Å². The molecule has 0 radical (unpaired) electrons. The van der Waals surface area contributed by atoms with Gasteiger partial charge in [-0.2, -0.15) is 5.10 Å². The Kier molecular flexibility index (Phi) is 4.56. The molecule has 7 nitrogen and oxygen atoms in total. The predicted molar refractivity (Wildman–Crippen MR) is 87.8 cm³/mol. The molecule has 0 aliphatic carbocycles. The molecule has 0 amide bonds. The third-order valence-corrected chi connectivity index (χ3v) is 3.40. The smallest absolute Gasteiger partial charge is 0.161 e. The molecule has 0 saturated carbocycles. The lowest BCUT2D eigenvalue weighted by Crippen LogP contribution is -2.03. The monoisotopic (exact) mass is 313 g/mol. The minimum absolute atomic E-state index is 0.613. The van der Waals surface area contributed by atoms with Crippen LogP contribution >= 0.6 is 0 Å². The van der Waals surface area contributed by atoms with Gasteiger partial charge in [-0.05, 0) is 24.1 Å². The summed E-state index contributed by atoms with van der Waals surface area (Å²) in [5.41, 5.74) is 1.78. The number of ether oxygens (including phenoxy) is 2. The van der Waals surface area contributed by atoms with Gasteiger partial charge in [0.2, 0.25) is 0 Å². The van der Waals surface area contributed by atoms with Crippen LogP contribution in [0.4, 0.5) is 5.82 Å². The zero-order chi connectivity index (χ0) is 16.1. The Balaban J connectivity index is 1.74. The predicted octanol–water partition coefficient (Wildman–Crippen LogP) is 2.76. The topological polar surface area (TPSA) is 85.0 Å². The number of hydrogen-bond donors (Lipinski definition) is 2. The fourth-order valence-electron chi connectivity index (χ4n) is 2.24. The van der Waals surface area contributed by atoms with Crippen molar-refractivity contribution in [2.45, 2.75) is 19.9 Å². The Labute approximate surface area is 134 Å². The molecule has 2 heterocycles. The van der Waals surface area contributed by atoms with Gasteiger partial charge in [0.25, 0.3) is 0 Å². The maximum atomic E-state index is 5.66. The Morgan fingerprint density at radius 2 is 2.13 bits per heavy atom. The number of methoxy groups -OCH3 is 1. The molecule has 0 unspecified atom stereocenters. The highest BCUT2D eigenvalue weighted by Crippen LogP contribution is 2.28. The Hall–Kier alpha value is -2.83. The van der Waals surface area contributed by atoms with Crippen molar-refractivity contribution >= 4 is 16.9 Å². The van der Waals surface area contributed by atoms with Crippen molar-refractivity contribution in [3.05, 3.63) is 36.3 Å². The van der Waals surface area contributed by atoms with Crippen LogP contribution in [0.5, 0.6) is 11.5 Å². The fourth-order valence-corrected chi connectivity index (χ4v) is 2.24. The number of aromatic nitrogens is 4. The molecule has 2 aromatic heterocycles. The molecule has 3 rings (SSSR count). The number of aromatic amines is 1. The second-order valence-corrected chi connectivity index (χ2v) is 5.04. The van der Waals surface area contributed by atoms with Crippen molar-refractivity contribution in [3.63, 3.8) is 0 Å². The van der Waals surface area contributed by atoms with Gasteiger partial charge in [0.1, 0.15) is 12.1 Å². The van der Waals surface area contributed by atoms with Crippen molar-refractivity contribution < 1.29 is 9.47 Å². The molecule has 0 spiro atoms. The molecule has 0 aliphatic rings. The average molecular weight is 313 g/mol. The minimum Gasteiger partial charge on any atom is -0.493 e. The lowest BCUT2D eigenvalue weighted by atomic mass is 10.2. The van der Waals surface area contributed by atoms with E-state index in [4.69, 9.17) is 9.47 Å².